The van der Waals surface area contributed by atoms with Crippen molar-refractivity contribution in [2.75, 3.05) is 0 Å². The summed E-state index contributed by atoms with van der Waals surface area (Å²) in [4.78, 5) is 0. The zero-order chi connectivity index (χ0) is 7.56. The van der Waals surface area contributed by atoms with E-state index in [2.05, 4.69) is 18.7 Å². The summed E-state index contributed by atoms with van der Waals surface area (Å²) in [6.45, 7) is 5.78. The highest BCUT2D eigenvalue weighted by molar-refractivity contribution is 5.12. The van der Waals surface area contributed by atoms with Crippen LogP contribution in [0.1, 0.15) is 19.8 Å². The molecule has 10 heavy (non-hydrogen) atoms. The molecule has 1 heteroatoms. The van der Waals surface area contributed by atoms with Crippen LogP contribution in [0, 0.1) is 5.92 Å². The molecule has 1 N–H and O–H groups in total. The van der Waals surface area contributed by atoms with Crippen LogP contribution in [0.3, 0.4) is 0 Å². The Balaban J connectivity index is 2.64. The van der Waals surface area contributed by atoms with E-state index in [9.17, 15) is 5.11 Å². The first-order valence-corrected chi connectivity index (χ1v) is 3.72. The maximum atomic E-state index is 9.43. The van der Waals surface area contributed by atoms with Gasteiger partial charge in [-0.2, -0.15) is 0 Å². The number of aliphatic hydroxyl groups excluding tert-OH is 1. The predicted octanol–water partition coefficient (Wildman–Crippen LogP) is 1.89. The lowest BCUT2D eigenvalue weighted by Gasteiger charge is -2.22. The van der Waals surface area contributed by atoms with E-state index in [1.165, 1.54) is 0 Å². The molecule has 1 aliphatic carbocycles. The Labute approximate surface area is 62.1 Å². The van der Waals surface area contributed by atoms with Crippen molar-refractivity contribution in [1.82, 2.24) is 0 Å². The van der Waals surface area contributed by atoms with Crippen molar-refractivity contribution in [2.24, 2.45) is 5.92 Å². The van der Waals surface area contributed by atoms with Crippen molar-refractivity contribution in [1.29, 1.82) is 0 Å². The average molecular weight is 138 g/mol. The van der Waals surface area contributed by atoms with E-state index in [0.717, 1.165) is 18.4 Å². The lowest BCUT2D eigenvalue weighted by Crippen LogP contribution is -2.21. The van der Waals surface area contributed by atoms with Gasteiger partial charge in [0.15, 0.2) is 0 Å². The molecule has 0 amide bonds. The molecule has 2 atom stereocenters. The summed E-state index contributed by atoms with van der Waals surface area (Å²) >= 11 is 0. The summed E-state index contributed by atoms with van der Waals surface area (Å²) in [5.41, 5.74) is 1.06. The molecule has 0 bridgehead atoms. The molecule has 0 unspecified atom stereocenters. The molecule has 0 saturated heterocycles. The third-order valence-electron chi connectivity index (χ3n) is 1.96. The molecular formula is C9H14O. The van der Waals surface area contributed by atoms with E-state index in [-0.39, 0.29) is 12.0 Å². The standard InChI is InChI=1S/C9H14O/c1-7(2)8-5-3-4-6-9(8)10/h3,5,8-10H,1,4,6H2,2H3/t8-,9+/m1/s1. The van der Waals surface area contributed by atoms with Crippen molar-refractivity contribution in [3.63, 3.8) is 0 Å². The summed E-state index contributed by atoms with van der Waals surface area (Å²) in [6.07, 6.45) is 5.86. The van der Waals surface area contributed by atoms with Gasteiger partial charge in [0, 0.05) is 5.92 Å². The third-order valence-corrected chi connectivity index (χ3v) is 1.96. The maximum Gasteiger partial charge on any atom is 0.0642 e. The number of rotatable bonds is 1. The van der Waals surface area contributed by atoms with Crippen LogP contribution in [-0.4, -0.2) is 11.2 Å². The highest BCUT2D eigenvalue weighted by atomic mass is 16.3. The first-order valence-electron chi connectivity index (χ1n) is 3.72. The van der Waals surface area contributed by atoms with Gasteiger partial charge < -0.3 is 5.11 Å². The molecule has 1 nitrogen and oxygen atoms in total. The van der Waals surface area contributed by atoms with E-state index >= 15 is 0 Å². The van der Waals surface area contributed by atoms with Crippen LogP contribution in [-0.2, 0) is 0 Å². The highest BCUT2D eigenvalue weighted by Gasteiger charge is 2.18. The van der Waals surface area contributed by atoms with E-state index in [1.807, 2.05) is 6.92 Å². The van der Waals surface area contributed by atoms with E-state index in [4.69, 9.17) is 0 Å². The maximum absolute atomic E-state index is 9.43. The van der Waals surface area contributed by atoms with Crippen LogP contribution >= 0.6 is 0 Å². The van der Waals surface area contributed by atoms with Crippen molar-refractivity contribution < 1.29 is 5.11 Å². The van der Waals surface area contributed by atoms with Crippen LogP contribution in [0.25, 0.3) is 0 Å². The Hall–Kier alpha value is -0.560. The summed E-state index contributed by atoms with van der Waals surface area (Å²) in [5, 5.41) is 9.43. The van der Waals surface area contributed by atoms with Gasteiger partial charge >= 0.3 is 0 Å². The number of aliphatic hydroxyl groups is 1. The Morgan fingerprint density at radius 1 is 1.70 bits per heavy atom. The molecule has 0 aliphatic heterocycles. The lowest BCUT2D eigenvalue weighted by molar-refractivity contribution is 0.131. The molecule has 0 aromatic rings. The van der Waals surface area contributed by atoms with E-state index in [1.54, 1.807) is 0 Å². The smallest absolute Gasteiger partial charge is 0.0642 e. The van der Waals surface area contributed by atoms with Gasteiger partial charge in [-0.3, -0.25) is 0 Å². The second-order valence-corrected chi connectivity index (χ2v) is 2.94. The van der Waals surface area contributed by atoms with Crippen LogP contribution in [0.5, 0.6) is 0 Å². The SMILES string of the molecule is C=C(C)[C@H]1C=CCC[C@@H]1O. The molecule has 56 valence electrons. The molecule has 0 aromatic carbocycles. The predicted molar refractivity (Wildman–Crippen MR) is 42.7 cm³/mol. The Bertz CT molecular complexity index is 158. The fourth-order valence-corrected chi connectivity index (χ4v) is 1.31. The first-order chi connectivity index (χ1) is 4.72. The van der Waals surface area contributed by atoms with E-state index in [0.29, 0.717) is 0 Å². The van der Waals surface area contributed by atoms with Gasteiger partial charge in [-0.1, -0.05) is 24.3 Å². The van der Waals surface area contributed by atoms with Gasteiger partial charge in [0.25, 0.3) is 0 Å². The van der Waals surface area contributed by atoms with Crippen LogP contribution < -0.4 is 0 Å². The minimum atomic E-state index is -0.192. The molecule has 1 aliphatic rings. The molecule has 0 fully saturated rings. The second kappa shape index (κ2) is 3.02. The zero-order valence-electron chi connectivity index (χ0n) is 6.38. The van der Waals surface area contributed by atoms with Gasteiger partial charge in [-0.25, -0.2) is 0 Å². The quantitative estimate of drug-likeness (QED) is 0.548. The summed E-state index contributed by atoms with van der Waals surface area (Å²) in [7, 11) is 0. The van der Waals surface area contributed by atoms with E-state index < -0.39 is 0 Å². The lowest BCUT2D eigenvalue weighted by atomic mass is 9.88. The fourth-order valence-electron chi connectivity index (χ4n) is 1.31. The summed E-state index contributed by atoms with van der Waals surface area (Å²) < 4.78 is 0. The van der Waals surface area contributed by atoms with Crippen molar-refractivity contribution in [3.05, 3.63) is 24.3 Å². The highest BCUT2D eigenvalue weighted by Crippen LogP contribution is 2.23. The molecular weight excluding hydrogens is 124 g/mol. The van der Waals surface area contributed by atoms with Crippen LogP contribution in [0.4, 0.5) is 0 Å². The van der Waals surface area contributed by atoms with Gasteiger partial charge in [-0.15, -0.1) is 0 Å². The second-order valence-electron chi connectivity index (χ2n) is 2.94. The zero-order valence-corrected chi connectivity index (χ0v) is 6.38. The molecule has 0 heterocycles. The summed E-state index contributed by atoms with van der Waals surface area (Å²) in [5.74, 6) is 0.203. The van der Waals surface area contributed by atoms with Crippen molar-refractivity contribution in [3.8, 4) is 0 Å². The largest absolute Gasteiger partial charge is 0.392 e. The van der Waals surface area contributed by atoms with Gasteiger partial charge in [0.1, 0.15) is 0 Å². The van der Waals surface area contributed by atoms with Crippen LogP contribution in [0.2, 0.25) is 0 Å². The Kier molecular flexibility index (Phi) is 2.28. The Morgan fingerprint density at radius 2 is 2.40 bits per heavy atom. The molecule has 0 aromatic heterocycles. The molecule has 0 radical (unpaired) electrons. The topological polar surface area (TPSA) is 20.2 Å². The van der Waals surface area contributed by atoms with Gasteiger partial charge in [0.05, 0.1) is 6.10 Å². The minimum absolute atomic E-state index is 0.192. The average Bonchev–Trinajstić information content (AvgIpc) is 1.88. The Morgan fingerprint density at radius 3 is 2.80 bits per heavy atom. The fraction of sp³-hybridized carbons (Fsp3) is 0.556. The monoisotopic (exact) mass is 138 g/mol. The number of allylic oxidation sites excluding steroid dienone is 1. The van der Waals surface area contributed by atoms with Crippen molar-refractivity contribution >= 4 is 0 Å². The molecule has 0 spiro atoms. The van der Waals surface area contributed by atoms with Gasteiger partial charge in [-0.05, 0) is 19.8 Å². The minimum Gasteiger partial charge on any atom is -0.392 e. The normalized spacial score (nSPS) is 32.2. The number of hydrogen-bond acceptors (Lipinski definition) is 1. The molecule has 0 saturated carbocycles. The first kappa shape index (κ1) is 7.55. The van der Waals surface area contributed by atoms with Crippen molar-refractivity contribution in [2.45, 2.75) is 25.9 Å². The third kappa shape index (κ3) is 1.48. The number of hydrogen-bond donors (Lipinski definition) is 1. The van der Waals surface area contributed by atoms with Gasteiger partial charge in [0.2, 0.25) is 0 Å². The van der Waals surface area contributed by atoms with Crippen LogP contribution in [0.15, 0.2) is 24.3 Å². The molecule has 1 rings (SSSR count). The summed E-state index contributed by atoms with van der Waals surface area (Å²) in [6, 6.07) is 0.